The average Bonchev–Trinajstić information content (AvgIpc) is 3.44. The van der Waals surface area contributed by atoms with E-state index in [9.17, 15) is 28.8 Å². The van der Waals surface area contributed by atoms with Crippen LogP contribution in [0.15, 0.2) is 12.7 Å². The molecule has 58 heavy (non-hydrogen) atoms. The van der Waals surface area contributed by atoms with E-state index in [1.807, 2.05) is 41.5 Å². The van der Waals surface area contributed by atoms with Crippen LogP contribution in [0, 0.1) is 0 Å². The van der Waals surface area contributed by atoms with E-state index in [-0.39, 0.29) is 87.0 Å². The Morgan fingerprint density at radius 2 is 1.00 bits per heavy atom. The molecule has 0 atom stereocenters. The van der Waals surface area contributed by atoms with Crippen molar-refractivity contribution in [2.45, 2.75) is 84.8 Å². The quantitative estimate of drug-likeness (QED) is 0.0403. The van der Waals surface area contributed by atoms with Gasteiger partial charge in [0.1, 0.15) is 11.2 Å². The number of aliphatic hydroxyl groups excluding tert-OH is 1. The SMILES string of the molecule is C=CC(=O)OC(C)(C)C.COCCO.COCCOCCC(=O)O.COCCOCCC(=O)OC(C)(C)C.COCCOCCC(=O)ON1C(=O)CCC1=O.C[O-].[Na+]. The van der Waals surface area contributed by atoms with Crippen LogP contribution in [0.1, 0.15) is 73.6 Å². The van der Waals surface area contributed by atoms with E-state index in [4.69, 9.17) is 48.5 Å². The second kappa shape index (κ2) is 47.1. The van der Waals surface area contributed by atoms with Crippen LogP contribution in [-0.4, -0.2) is 170 Å². The van der Waals surface area contributed by atoms with E-state index in [0.29, 0.717) is 64.3 Å². The minimum atomic E-state index is -0.836. The first-order valence-electron chi connectivity index (χ1n) is 17.8. The maximum Gasteiger partial charge on any atom is 1.00 e. The molecule has 1 saturated heterocycles. The number of esters is 2. The van der Waals surface area contributed by atoms with Crippen molar-refractivity contribution in [1.29, 1.82) is 0 Å². The molecule has 1 rings (SSSR count). The minimum Gasteiger partial charge on any atom is -0.857 e. The first-order valence-corrected chi connectivity index (χ1v) is 17.8. The Balaban J connectivity index is -0.000000150. The van der Waals surface area contributed by atoms with Gasteiger partial charge in [-0.05, 0) is 41.5 Å². The van der Waals surface area contributed by atoms with E-state index < -0.39 is 35.0 Å². The van der Waals surface area contributed by atoms with Gasteiger partial charge in [-0.2, -0.15) is 7.11 Å². The topological polar surface area (TPSA) is 261 Å². The van der Waals surface area contributed by atoms with Crippen molar-refractivity contribution in [2.75, 3.05) is 108 Å². The Bertz CT molecular complexity index is 1010. The summed E-state index contributed by atoms with van der Waals surface area (Å²) in [6.07, 6.45) is 1.68. The van der Waals surface area contributed by atoms with Crippen LogP contribution in [0.5, 0.6) is 0 Å². The van der Waals surface area contributed by atoms with Gasteiger partial charge in [0, 0.05) is 47.4 Å². The van der Waals surface area contributed by atoms with Crippen LogP contribution in [0.4, 0.5) is 0 Å². The first kappa shape index (κ1) is 67.2. The molecule has 2 N–H and O–H groups in total. The molecule has 21 heteroatoms. The van der Waals surface area contributed by atoms with Crippen molar-refractivity contribution >= 4 is 35.7 Å². The Hall–Kier alpha value is -2.60. The fourth-order valence-corrected chi connectivity index (χ4v) is 2.84. The normalized spacial score (nSPS) is 11.4. The van der Waals surface area contributed by atoms with Gasteiger partial charge in [-0.3, -0.25) is 19.2 Å². The van der Waals surface area contributed by atoms with Gasteiger partial charge < -0.3 is 62.8 Å². The Labute approximate surface area is 366 Å². The van der Waals surface area contributed by atoms with E-state index in [0.717, 1.165) is 13.2 Å². The predicted molar refractivity (Wildman–Crippen MR) is 204 cm³/mol. The number of carboxylic acids is 1. The molecule has 1 aliphatic rings. The van der Waals surface area contributed by atoms with Crippen molar-refractivity contribution in [2.24, 2.45) is 0 Å². The third-order valence-corrected chi connectivity index (χ3v) is 5.14. The van der Waals surface area contributed by atoms with Gasteiger partial charge in [0.05, 0.1) is 91.9 Å². The fourth-order valence-electron chi connectivity index (χ4n) is 2.84. The molecule has 2 amide bonds. The summed E-state index contributed by atoms with van der Waals surface area (Å²) in [5, 5.41) is 24.9. The molecular weight excluding hydrogens is 785 g/mol. The first-order chi connectivity index (χ1) is 26.7. The summed E-state index contributed by atoms with van der Waals surface area (Å²) in [7, 11) is 7.02. The number of ether oxygens (including phenoxy) is 9. The van der Waals surface area contributed by atoms with Crippen molar-refractivity contribution in [3.8, 4) is 0 Å². The number of hydrogen-bond donors (Lipinski definition) is 2. The zero-order valence-corrected chi connectivity index (χ0v) is 38.9. The van der Waals surface area contributed by atoms with Gasteiger partial charge in [0.25, 0.3) is 11.8 Å². The molecule has 0 aromatic rings. The third-order valence-electron chi connectivity index (χ3n) is 5.14. The Morgan fingerprint density at radius 3 is 1.28 bits per heavy atom. The number of carboxylic acid groups (broad SMARTS) is 1. The number of methoxy groups -OCH3 is 4. The zero-order valence-electron chi connectivity index (χ0n) is 36.9. The molecule has 1 aliphatic heterocycles. The number of amides is 2. The summed E-state index contributed by atoms with van der Waals surface area (Å²) in [6, 6.07) is 0. The van der Waals surface area contributed by atoms with Gasteiger partial charge in [0.2, 0.25) is 0 Å². The number of carbonyl (C=O) groups excluding carboxylic acids is 5. The number of carbonyl (C=O) groups is 6. The molecule has 0 aromatic carbocycles. The largest absolute Gasteiger partial charge is 1.00 e. The van der Waals surface area contributed by atoms with Crippen LogP contribution < -0.4 is 34.7 Å². The molecule has 0 unspecified atom stereocenters. The van der Waals surface area contributed by atoms with Crippen molar-refractivity contribution in [3.63, 3.8) is 0 Å². The van der Waals surface area contributed by atoms with E-state index in [1.165, 1.54) is 0 Å². The molecule has 0 bridgehead atoms. The molecular formula is C37H70NNaO19. The number of hydroxylamine groups is 2. The van der Waals surface area contributed by atoms with Crippen molar-refractivity contribution in [1.82, 2.24) is 5.06 Å². The van der Waals surface area contributed by atoms with Crippen molar-refractivity contribution in [3.05, 3.63) is 12.7 Å². The van der Waals surface area contributed by atoms with Gasteiger partial charge in [-0.25, -0.2) is 9.59 Å². The molecule has 0 aromatic heterocycles. The summed E-state index contributed by atoms with van der Waals surface area (Å²) in [5.74, 6) is -3.06. The van der Waals surface area contributed by atoms with Crippen LogP contribution in [0.3, 0.4) is 0 Å². The summed E-state index contributed by atoms with van der Waals surface area (Å²) < 4.78 is 43.6. The van der Waals surface area contributed by atoms with Crippen LogP contribution in [-0.2, 0) is 76.2 Å². The zero-order chi connectivity index (χ0) is 45.1. The average molecular weight is 856 g/mol. The van der Waals surface area contributed by atoms with E-state index >= 15 is 0 Å². The summed E-state index contributed by atoms with van der Waals surface area (Å²) in [5.41, 5.74) is -0.811. The van der Waals surface area contributed by atoms with Crippen LogP contribution in [0.2, 0.25) is 0 Å². The Morgan fingerprint density at radius 1 is 0.638 bits per heavy atom. The molecule has 1 fully saturated rings. The molecule has 1 heterocycles. The number of hydrogen-bond acceptors (Lipinski definition) is 18. The predicted octanol–water partition coefficient (Wildman–Crippen LogP) is -1.73. The van der Waals surface area contributed by atoms with Gasteiger partial charge in [-0.1, -0.05) is 6.58 Å². The number of aliphatic hydroxyl groups is 1. The Kier molecular flexibility index (Phi) is 54.5. The van der Waals surface area contributed by atoms with Crippen LogP contribution in [0.25, 0.3) is 0 Å². The standard InChI is InChI=1S/C10H15NO6.C10H20O4.C7H12O2.C6H12O4.C3H8O2.CH3O.Na/c1-15-6-7-16-5-4-10(14)17-11-8(12)2-3-9(11)13;1-10(2,3)14-9(11)5-6-13-8-7-12-4;1-5-6(8)9-7(2,3)4;1-9-4-5-10-3-2-6(7)8;1-5-3-2-4;1-2;/h2-7H2,1H3;5-8H2,1-4H3;5H,1H2,2-4H3;2-5H2,1H3,(H,7,8);4H,2-3H2,1H3;1H3;/q;;;;;-1;+1. The molecule has 0 saturated carbocycles. The van der Waals surface area contributed by atoms with E-state index in [2.05, 4.69) is 20.9 Å². The second-order valence-corrected chi connectivity index (χ2v) is 12.5. The van der Waals surface area contributed by atoms with E-state index in [1.54, 1.807) is 28.4 Å². The maximum atomic E-state index is 11.2. The smallest absolute Gasteiger partial charge is 0.857 e. The molecule has 0 radical (unpaired) electrons. The number of rotatable bonds is 22. The molecule has 338 valence electrons. The van der Waals surface area contributed by atoms with Crippen LogP contribution >= 0.6 is 0 Å². The molecule has 0 aliphatic carbocycles. The third kappa shape index (κ3) is 60.1. The van der Waals surface area contributed by atoms with Gasteiger partial charge in [0.15, 0.2) is 0 Å². The van der Waals surface area contributed by atoms with Gasteiger partial charge in [-0.15, -0.1) is 5.06 Å². The second-order valence-electron chi connectivity index (χ2n) is 12.5. The fraction of sp³-hybridized carbons (Fsp3) is 0.784. The number of aliphatic carboxylic acids is 1. The molecule has 0 spiro atoms. The van der Waals surface area contributed by atoms with Gasteiger partial charge >= 0.3 is 53.4 Å². The molecule has 20 nitrogen and oxygen atoms in total. The summed E-state index contributed by atoms with van der Waals surface area (Å²) >= 11 is 0. The number of nitrogens with zero attached hydrogens (tertiary/aromatic N) is 1. The monoisotopic (exact) mass is 855 g/mol. The summed E-state index contributed by atoms with van der Waals surface area (Å²) in [4.78, 5) is 69.7. The number of imide groups is 1. The maximum absolute atomic E-state index is 11.2. The van der Waals surface area contributed by atoms with Crippen molar-refractivity contribution < 1.29 is 121 Å². The summed E-state index contributed by atoms with van der Waals surface area (Å²) in [6.45, 7) is 18.5. The minimum absolute atomic E-state index is 0.